The van der Waals surface area contributed by atoms with Crippen LogP contribution in [0.4, 0.5) is 0 Å². The van der Waals surface area contributed by atoms with E-state index in [2.05, 4.69) is 4.74 Å². The fourth-order valence-electron chi connectivity index (χ4n) is 1.45. The number of hydrogen-bond acceptors (Lipinski definition) is 3. The molecule has 0 saturated carbocycles. The Labute approximate surface area is 108 Å². The Kier molecular flexibility index (Phi) is 7.57. The van der Waals surface area contributed by atoms with Crippen molar-refractivity contribution in [2.45, 2.75) is 25.9 Å². The van der Waals surface area contributed by atoms with Gasteiger partial charge in [-0.2, -0.15) is 0 Å². The Morgan fingerprint density at radius 1 is 1.17 bits per heavy atom. The van der Waals surface area contributed by atoms with Crippen LogP contribution in [0.15, 0.2) is 42.5 Å². The third-order valence-electron chi connectivity index (χ3n) is 2.45. The monoisotopic (exact) mass is 248 g/mol. The fraction of sp³-hybridized carbons (Fsp3) is 0.400. The van der Waals surface area contributed by atoms with Crippen molar-refractivity contribution in [3.05, 3.63) is 48.0 Å². The van der Waals surface area contributed by atoms with Crippen LogP contribution in [0.2, 0.25) is 0 Å². The number of carbonyl (C=O) groups is 1. The van der Waals surface area contributed by atoms with Gasteiger partial charge < -0.3 is 9.47 Å². The summed E-state index contributed by atoms with van der Waals surface area (Å²) in [6.07, 6.45) is 6.06. The average molecular weight is 248 g/mol. The molecule has 0 heterocycles. The molecule has 0 N–H and O–H groups in total. The molecule has 1 aromatic rings. The van der Waals surface area contributed by atoms with Crippen molar-refractivity contribution in [3.63, 3.8) is 0 Å². The maximum atomic E-state index is 10.8. The van der Waals surface area contributed by atoms with E-state index in [1.165, 1.54) is 12.7 Å². The summed E-state index contributed by atoms with van der Waals surface area (Å²) in [7, 11) is 1.41. The molecule has 0 aliphatic heterocycles. The molecule has 3 nitrogen and oxygen atoms in total. The van der Waals surface area contributed by atoms with E-state index in [0.29, 0.717) is 19.6 Å². The highest BCUT2D eigenvalue weighted by atomic mass is 16.5. The molecule has 0 atom stereocenters. The van der Waals surface area contributed by atoms with E-state index in [1.807, 2.05) is 42.5 Å². The van der Waals surface area contributed by atoms with Crippen molar-refractivity contribution in [2.24, 2.45) is 0 Å². The van der Waals surface area contributed by atoms with Crippen LogP contribution in [0.5, 0.6) is 0 Å². The smallest absolute Gasteiger partial charge is 0.305 e. The molecule has 0 saturated heterocycles. The van der Waals surface area contributed by atoms with Gasteiger partial charge in [0.15, 0.2) is 0 Å². The number of methoxy groups -OCH3 is 1. The first-order valence-electron chi connectivity index (χ1n) is 6.16. The summed E-state index contributed by atoms with van der Waals surface area (Å²) in [5.74, 6) is -0.167. The van der Waals surface area contributed by atoms with Crippen LogP contribution in [-0.4, -0.2) is 19.7 Å². The van der Waals surface area contributed by atoms with Gasteiger partial charge in [-0.1, -0.05) is 42.5 Å². The third kappa shape index (κ3) is 6.86. The van der Waals surface area contributed by atoms with Gasteiger partial charge in [0.1, 0.15) is 0 Å². The SMILES string of the molecule is COC(=O)CCC=CCCOCc1ccccc1. The van der Waals surface area contributed by atoms with Crippen LogP contribution in [0.3, 0.4) is 0 Å². The molecule has 0 spiro atoms. The van der Waals surface area contributed by atoms with Gasteiger partial charge in [-0.05, 0) is 18.4 Å². The first-order valence-corrected chi connectivity index (χ1v) is 6.16. The van der Waals surface area contributed by atoms with Gasteiger partial charge in [0.05, 0.1) is 20.3 Å². The van der Waals surface area contributed by atoms with Gasteiger partial charge >= 0.3 is 5.97 Å². The average Bonchev–Trinajstić information content (AvgIpc) is 2.42. The van der Waals surface area contributed by atoms with Crippen LogP contribution in [0.25, 0.3) is 0 Å². The number of ether oxygens (including phenoxy) is 2. The lowest BCUT2D eigenvalue weighted by molar-refractivity contribution is -0.140. The maximum Gasteiger partial charge on any atom is 0.305 e. The Hall–Kier alpha value is -1.61. The van der Waals surface area contributed by atoms with Gasteiger partial charge in [-0.15, -0.1) is 0 Å². The van der Waals surface area contributed by atoms with Crippen LogP contribution < -0.4 is 0 Å². The lowest BCUT2D eigenvalue weighted by Crippen LogP contribution is -1.98. The van der Waals surface area contributed by atoms with E-state index in [9.17, 15) is 4.79 Å². The molecule has 0 unspecified atom stereocenters. The summed E-state index contributed by atoms with van der Waals surface area (Å²) >= 11 is 0. The fourth-order valence-corrected chi connectivity index (χ4v) is 1.45. The molecule has 98 valence electrons. The normalized spacial score (nSPS) is 10.7. The predicted octanol–water partition coefficient (Wildman–Crippen LogP) is 3.10. The maximum absolute atomic E-state index is 10.8. The van der Waals surface area contributed by atoms with E-state index in [0.717, 1.165) is 12.8 Å². The predicted molar refractivity (Wildman–Crippen MR) is 71.1 cm³/mol. The Balaban J connectivity index is 1.98. The van der Waals surface area contributed by atoms with Gasteiger partial charge in [0.2, 0.25) is 0 Å². The summed E-state index contributed by atoms with van der Waals surface area (Å²) in [5.41, 5.74) is 1.19. The molecule has 1 aromatic carbocycles. The van der Waals surface area contributed by atoms with E-state index >= 15 is 0 Å². The molecule has 0 aliphatic carbocycles. The minimum atomic E-state index is -0.167. The van der Waals surface area contributed by atoms with E-state index in [1.54, 1.807) is 0 Å². The quantitative estimate of drug-likeness (QED) is 0.403. The summed E-state index contributed by atoms with van der Waals surface area (Å²) in [6, 6.07) is 10.1. The first kappa shape index (κ1) is 14.5. The van der Waals surface area contributed by atoms with E-state index in [-0.39, 0.29) is 5.97 Å². The molecule has 0 amide bonds. The highest BCUT2D eigenvalue weighted by molar-refractivity contribution is 5.69. The van der Waals surface area contributed by atoms with Gasteiger partial charge in [0, 0.05) is 6.42 Å². The second kappa shape index (κ2) is 9.42. The lowest BCUT2D eigenvalue weighted by Gasteiger charge is -2.01. The Morgan fingerprint density at radius 2 is 1.89 bits per heavy atom. The van der Waals surface area contributed by atoms with E-state index < -0.39 is 0 Å². The summed E-state index contributed by atoms with van der Waals surface area (Å²) in [4.78, 5) is 10.8. The minimum absolute atomic E-state index is 0.167. The summed E-state index contributed by atoms with van der Waals surface area (Å²) < 4.78 is 10.1. The number of benzene rings is 1. The summed E-state index contributed by atoms with van der Waals surface area (Å²) in [5, 5.41) is 0. The molecular weight excluding hydrogens is 228 g/mol. The molecule has 3 heteroatoms. The summed E-state index contributed by atoms with van der Waals surface area (Å²) in [6.45, 7) is 1.35. The number of allylic oxidation sites excluding steroid dienone is 1. The van der Waals surface area contributed by atoms with Crippen molar-refractivity contribution < 1.29 is 14.3 Å². The van der Waals surface area contributed by atoms with Crippen molar-refractivity contribution in [3.8, 4) is 0 Å². The molecular formula is C15H20O3. The second-order valence-corrected chi connectivity index (χ2v) is 3.91. The van der Waals surface area contributed by atoms with E-state index in [4.69, 9.17) is 4.74 Å². The standard InChI is InChI=1S/C15H20O3/c1-17-15(16)11-7-2-3-8-12-18-13-14-9-5-4-6-10-14/h2-6,9-10H,7-8,11-13H2,1H3. The van der Waals surface area contributed by atoms with Gasteiger partial charge in [0.25, 0.3) is 0 Å². The number of carbonyl (C=O) groups excluding carboxylic acids is 1. The van der Waals surface area contributed by atoms with Gasteiger partial charge in [-0.25, -0.2) is 0 Å². The second-order valence-electron chi connectivity index (χ2n) is 3.91. The zero-order valence-electron chi connectivity index (χ0n) is 10.8. The van der Waals surface area contributed by atoms with Crippen LogP contribution >= 0.6 is 0 Å². The minimum Gasteiger partial charge on any atom is -0.469 e. The molecule has 1 rings (SSSR count). The van der Waals surface area contributed by atoms with Crippen LogP contribution in [0, 0.1) is 0 Å². The number of esters is 1. The highest BCUT2D eigenvalue weighted by Gasteiger charge is 1.95. The molecule has 0 aromatic heterocycles. The first-order chi connectivity index (χ1) is 8.83. The molecule has 0 fully saturated rings. The largest absolute Gasteiger partial charge is 0.469 e. The van der Waals surface area contributed by atoms with Crippen molar-refractivity contribution in [2.75, 3.05) is 13.7 Å². The Morgan fingerprint density at radius 3 is 2.61 bits per heavy atom. The molecule has 0 aliphatic rings. The van der Waals surface area contributed by atoms with Crippen molar-refractivity contribution in [1.29, 1.82) is 0 Å². The zero-order chi connectivity index (χ0) is 13.1. The molecule has 18 heavy (non-hydrogen) atoms. The van der Waals surface area contributed by atoms with Crippen LogP contribution in [-0.2, 0) is 20.9 Å². The zero-order valence-corrected chi connectivity index (χ0v) is 10.8. The topological polar surface area (TPSA) is 35.5 Å². The third-order valence-corrected chi connectivity index (χ3v) is 2.45. The highest BCUT2D eigenvalue weighted by Crippen LogP contribution is 2.01. The molecule has 0 radical (unpaired) electrons. The van der Waals surface area contributed by atoms with Crippen LogP contribution in [0.1, 0.15) is 24.8 Å². The van der Waals surface area contributed by atoms with Crippen molar-refractivity contribution >= 4 is 5.97 Å². The van der Waals surface area contributed by atoms with Crippen molar-refractivity contribution in [1.82, 2.24) is 0 Å². The lowest BCUT2D eigenvalue weighted by atomic mass is 10.2. The Bertz CT molecular complexity index is 357. The molecule has 0 bridgehead atoms. The number of hydrogen-bond donors (Lipinski definition) is 0. The number of rotatable bonds is 8. The van der Waals surface area contributed by atoms with Gasteiger partial charge in [-0.3, -0.25) is 4.79 Å².